The molecule has 0 bridgehead atoms. The highest BCUT2D eigenvalue weighted by molar-refractivity contribution is 9.10. The number of carbonyl (C=O) groups is 3. The van der Waals surface area contributed by atoms with E-state index >= 15 is 0 Å². The molecule has 0 saturated carbocycles. The maximum Gasteiger partial charge on any atom is 0.335 e. The van der Waals surface area contributed by atoms with Crippen LogP contribution in [0.15, 0.2) is 131 Å². The minimum absolute atomic E-state index is 0.0693. The predicted molar refractivity (Wildman–Crippen MR) is 232 cm³/mol. The molecule has 8 nitrogen and oxygen atoms in total. The number of fused-ring (bicyclic) bond motifs is 1. The molecule has 58 heavy (non-hydrogen) atoms. The summed E-state index contributed by atoms with van der Waals surface area (Å²) in [5.41, 5.74) is 8.68. The highest BCUT2D eigenvalue weighted by atomic mass is 79.9. The Morgan fingerprint density at radius 3 is 2.07 bits per heavy atom. The van der Waals surface area contributed by atoms with Gasteiger partial charge in [0, 0.05) is 36.2 Å². The Kier molecular flexibility index (Phi) is 10.1. The van der Waals surface area contributed by atoms with Crippen molar-refractivity contribution in [2.75, 3.05) is 29.5 Å². The Labute approximate surface area is 346 Å². The number of carbonyl (C=O) groups excluding carboxylic acids is 3. The van der Waals surface area contributed by atoms with E-state index in [9.17, 15) is 14.4 Å². The summed E-state index contributed by atoms with van der Waals surface area (Å²) in [5.74, 6) is -0.361. The van der Waals surface area contributed by atoms with Gasteiger partial charge in [0.15, 0.2) is 11.5 Å². The summed E-state index contributed by atoms with van der Waals surface area (Å²) in [7, 11) is 0. The summed E-state index contributed by atoms with van der Waals surface area (Å²) in [5, 5.41) is 4.71. The first kappa shape index (κ1) is 37.4. The number of nitrogens with zero attached hydrogens (tertiary/aromatic N) is 2. The van der Waals surface area contributed by atoms with Crippen molar-refractivity contribution in [3.63, 3.8) is 0 Å². The number of nitrogens with one attached hydrogen (secondary N) is 1. The number of hydrogen-bond acceptors (Lipinski definition) is 6. The molecule has 0 aliphatic carbocycles. The summed E-state index contributed by atoms with van der Waals surface area (Å²) in [6.07, 6.45) is 3.31. The molecule has 3 aliphatic rings. The topological polar surface area (TPSA) is 88.2 Å². The summed E-state index contributed by atoms with van der Waals surface area (Å²) in [6, 6.07) is 39.9. The van der Waals surface area contributed by atoms with Crippen LogP contribution in [0.1, 0.15) is 70.5 Å². The van der Waals surface area contributed by atoms with Crippen LogP contribution in [0.4, 0.5) is 16.2 Å². The van der Waals surface area contributed by atoms with Gasteiger partial charge < -0.3 is 14.4 Å². The molecule has 9 rings (SSSR count). The third kappa shape index (κ3) is 6.83. The first-order valence-corrected chi connectivity index (χ1v) is 20.6. The van der Waals surface area contributed by atoms with Gasteiger partial charge in [0.1, 0.15) is 12.2 Å². The number of aryl methyl sites for hydroxylation is 1. The van der Waals surface area contributed by atoms with Crippen LogP contribution in [0.5, 0.6) is 11.5 Å². The monoisotopic (exact) mass is 831 g/mol. The van der Waals surface area contributed by atoms with Crippen molar-refractivity contribution in [2.45, 2.75) is 45.1 Å². The largest absolute Gasteiger partial charge is 0.490 e. The van der Waals surface area contributed by atoms with Crippen molar-refractivity contribution in [1.29, 1.82) is 0 Å². The molecule has 6 aromatic rings. The highest BCUT2D eigenvalue weighted by Gasteiger charge is 2.40. The van der Waals surface area contributed by atoms with Crippen LogP contribution in [0, 0.1) is 6.92 Å². The number of amides is 4. The molecule has 1 saturated heterocycles. The summed E-state index contributed by atoms with van der Waals surface area (Å²) in [6.45, 7) is 6.45. The Hall–Kier alpha value is -6.19. The van der Waals surface area contributed by atoms with Crippen molar-refractivity contribution in [3.8, 4) is 11.5 Å². The lowest BCUT2D eigenvalue weighted by Crippen LogP contribution is -2.54. The maximum absolute atomic E-state index is 14.6. The Balaban J connectivity index is 1.09. The molecule has 3 heterocycles. The zero-order valence-corrected chi connectivity index (χ0v) is 33.9. The number of ether oxygens (including phenoxy) is 2. The Bertz CT molecular complexity index is 2550. The van der Waals surface area contributed by atoms with E-state index in [1.165, 1.54) is 22.9 Å². The molecular weight excluding hydrogens is 790 g/mol. The van der Waals surface area contributed by atoms with Crippen molar-refractivity contribution in [1.82, 2.24) is 5.32 Å². The van der Waals surface area contributed by atoms with E-state index in [4.69, 9.17) is 9.47 Å². The van der Waals surface area contributed by atoms with E-state index < -0.39 is 17.8 Å². The summed E-state index contributed by atoms with van der Waals surface area (Å²) >= 11 is 3.69. The molecule has 4 amide bonds. The van der Waals surface area contributed by atoms with E-state index in [1.54, 1.807) is 12.1 Å². The molecule has 3 aliphatic heterocycles. The molecule has 0 aromatic heterocycles. The Morgan fingerprint density at radius 1 is 0.776 bits per heavy atom. The summed E-state index contributed by atoms with van der Waals surface area (Å²) in [4.78, 5) is 45.4. The van der Waals surface area contributed by atoms with Gasteiger partial charge in [-0.3, -0.25) is 14.9 Å². The fraction of sp³-hybridized carbons (Fsp3) is 0.204. The maximum atomic E-state index is 14.6. The van der Waals surface area contributed by atoms with Gasteiger partial charge in [0.05, 0.1) is 16.8 Å². The van der Waals surface area contributed by atoms with Crippen LogP contribution in [-0.2, 0) is 16.2 Å². The second-order valence-corrected chi connectivity index (χ2v) is 15.9. The third-order valence-corrected chi connectivity index (χ3v) is 12.2. The number of anilines is 2. The molecule has 0 radical (unpaired) electrons. The average Bonchev–Trinajstić information content (AvgIpc) is 3.23. The number of urea groups is 1. The highest BCUT2D eigenvalue weighted by Crippen LogP contribution is 2.50. The molecule has 2 atom stereocenters. The van der Waals surface area contributed by atoms with Gasteiger partial charge in [-0.1, -0.05) is 97.1 Å². The number of imide groups is 2. The fourth-order valence-electron chi connectivity index (χ4n) is 8.88. The van der Waals surface area contributed by atoms with Crippen LogP contribution >= 0.6 is 15.9 Å². The van der Waals surface area contributed by atoms with Gasteiger partial charge in [-0.25, -0.2) is 9.69 Å². The van der Waals surface area contributed by atoms with Gasteiger partial charge in [0.25, 0.3) is 11.8 Å². The van der Waals surface area contributed by atoms with E-state index in [1.807, 2.05) is 43.3 Å². The van der Waals surface area contributed by atoms with Crippen molar-refractivity contribution in [3.05, 3.63) is 170 Å². The normalized spacial score (nSPS) is 18.3. The first-order chi connectivity index (χ1) is 28.3. The molecule has 9 heteroatoms. The van der Waals surface area contributed by atoms with E-state index in [0.29, 0.717) is 40.4 Å². The number of halogens is 1. The standard InChI is InChI=1S/C49H42BrN3O5/c1-3-57-44-26-31(25-43(50)46(44)58-29-42-30(2)18-19-34-16-10-11-17-36(34)42)24-41-47(54)51-49(56)53(48(41)55)35-27-39-37(32-12-6-4-7-13-32)20-22-52-23-21-38(40(28-35)45(39)52)33-14-8-5-9-15-33/h4-19,24-28,37-38H,3,20-23,29H2,1-2H3,(H,51,54,56)/b41-24+/t37-,38-/m1/s1. The van der Waals surface area contributed by atoms with E-state index in [-0.39, 0.29) is 17.4 Å². The predicted octanol–water partition coefficient (Wildman–Crippen LogP) is 10.4. The smallest absolute Gasteiger partial charge is 0.335 e. The minimum atomic E-state index is -0.779. The molecular formula is C49H42BrN3O5. The molecule has 0 spiro atoms. The second kappa shape index (κ2) is 15.6. The van der Waals surface area contributed by atoms with Crippen LogP contribution in [0.25, 0.3) is 16.8 Å². The minimum Gasteiger partial charge on any atom is -0.490 e. The van der Waals surface area contributed by atoms with Gasteiger partial charge in [-0.2, -0.15) is 0 Å². The summed E-state index contributed by atoms with van der Waals surface area (Å²) < 4.78 is 13.1. The fourth-order valence-corrected chi connectivity index (χ4v) is 9.46. The molecule has 1 fully saturated rings. The second-order valence-electron chi connectivity index (χ2n) is 15.1. The van der Waals surface area contributed by atoms with Crippen LogP contribution in [0.3, 0.4) is 0 Å². The lowest BCUT2D eigenvalue weighted by Gasteiger charge is -2.44. The molecule has 1 N–H and O–H groups in total. The number of hydrogen-bond donors (Lipinski definition) is 1. The van der Waals surface area contributed by atoms with E-state index in [0.717, 1.165) is 63.9 Å². The van der Waals surface area contributed by atoms with Crippen molar-refractivity contribution < 1.29 is 23.9 Å². The van der Waals surface area contributed by atoms with Gasteiger partial charge in [-0.05, 0) is 117 Å². The lowest BCUT2D eigenvalue weighted by atomic mass is 9.76. The third-order valence-electron chi connectivity index (χ3n) is 11.6. The molecule has 6 aromatic carbocycles. The zero-order chi connectivity index (χ0) is 39.9. The number of rotatable bonds is 9. The molecule has 0 unspecified atom stereocenters. The number of benzene rings is 6. The van der Waals surface area contributed by atoms with E-state index in [2.05, 4.69) is 106 Å². The van der Waals surface area contributed by atoms with Crippen LogP contribution in [0.2, 0.25) is 0 Å². The van der Waals surface area contributed by atoms with Crippen LogP contribution < -0.4 is 24.6 Å². The quantitative estimate of drug-likeness (QED) is 0.115. The van der Waals surface area contributed by atoms with Gasteiger partial charge >= 0.3 is 6.03 Å². The molecule has 290 valence electrons. The number of barbiturate groups is 1. The SMILES string of the molecule is CCOc1cc(/C=C2\C(=O)NC(=O)N(c3cc4c5c(c3)[C@@H](c3ccccc3)CCN5CC[C@@H]4c3ccccc3)C2=O)cc(Br)c1OCc1c(C)ccc2ccccc12. The van der Waals surface area contributed by atoms with Crippen LogP contribution in [-0.4, -0.2) is 37.5 Å². The average molecular weight is 833 g/mol. The van der Waals surface area contributed by atoms with Gasteiger partial charge in [0.2, 0.25) is 0 Å². The Morgan fingerprint density at radius 2 is 1.41 bits per heavy atom. The van der Waals surface area contributed by atoms with Gasteiger partial charge in [-0.15, -0.1) is 0 Å². The zero-order valence-electron chi connectivity index (χ0n) is 32.3. The van der Waals surface area contributed by atoms with Crippen molar-refractivity contribution >= 4 is 62.0 Å². The lowest BCUT2D eigenvalue weighted by molar-refractivity contribution is -0.122. The van der Waals surface area contributed by atoms with Crippen molar-refractivity contribution in [2.24, 2.45) is 0 Å². The first-order valence-electron chi connectivity index (χ1n) is 19.8.